The van der Waals surface area contributed by atoms with Crippen molar-refractivity contribution in [3.8, 4) is 0 Å². The molecule has 20 heavy (non-hydrogen) atoms. The molecule has 7 nitrogen and oxygen atoms in total. The van der Waals surface area contributed by atoms with Gasteiger partial charge in [0.2, 0.25) is 0 Å². The molecule has 0 radical (unpaired) electrons. The van der Waals surface area contributed by atoms with Crippen LogP contribution in [0.4, 0.5) is 16.2 Å². The second-order valence-corrected chi connectivity index (χ2v) is 3.86. The lowest BCUT2D eigenvalue weighted by Crippen LogP contribution is -2.13. The summed E-state index contributed by atoms with van der Waals surface area (Å²) in [6.07, 6.45) is 2.51. The highest BCUT2D eigenvalue weighted by Crippen LogP contribution is 2.17. The van der Waals surface area contributed by atoms with Gasteiger partial charge in [-0.25, -0.2) is 4.79 Å². The molecule has 1 heterocycles. The molecule has 2 rings (SSSR count). The van der Waals surface area contributed by atoms with Crippen LogP contribution in [0, 0.1) is 10.1 Å². The van der Waals surface area contributed by atoms with Crippen molar-refractivity contribution in [2.45, 2.75) is 6.61 Å². The number of nitrogens with one attached hydrogen (secondary N) is 1. The van der Waals surface area contributed by atoms with Crippen LogP contribution in [0.15, 0.2) is 48.8 Å². The minimum atomic E-state index is -0.678. The minimum absolute atomic E-state index is 0.100. The van der Waals surface area contributed by atoms with E-state index in [1.54, 1.807) is 30.6 Å². The predicted molar refractivity (Wildman–Crippen MR) is 71.1 cm³/mol. The van der Waals surface area contributed by atoms with Crippen molar-refractivity contribution in [2.24, 2.45) is 0 Å². The fraction of sp³-hybridized carbons (Fsp3) is 0.0769. The topological polar surface area (TPSA) is 94.4 Å². The molecule has 0 unspecified atom stereocenters. The van der Waals surface area contributed by atoms with Crippen LogP contribution in [-0.4, -0.2) is 16.0 Å². The third kappa shape index (κ3) is 3.77. The summed E-state index contributed by atoms with van der Waals surface area (Å²) in [7, 11) is 0. The van der Waals surface area contributed by atoms with E-state index in [1.165, 1.54) is 18.2 Å². The van der Waals surface area contributed by atoms with Crippen molar-refractivity contribution in [3.05, 3.63) is 64.5 Å². The van der Waals surface area contributed by atoms with Gasteiger partial charge in [-0.15, -0.1) is 0 Å². The number of nitro benzene ring substituents is 1. The molecule has 0 aliphatic rings. The molecule has 1 aromatic heterocycles. The fourth-order valence-corrected chi connectivity index (χ4v) is 1.48. The van der Waals surface area contributed by atoms with Gasteiger partial charge in [0, 0.05) is 24.5 Å². The van der Waals surface area contributed by atoms with Crippen LogP contribution in [0.1, 0.15) is 5.56 Å². The van der Waals surface area contributed by atoms with Crippen molar-refractivity contribution >= 4 is 17.5 Å². The van der Waals surface area contributed by atoms with Crippen molar-refractivity contribution in [1.29, 1.82) is 0 Å². The van der Waals surface area contributed by atoms with Gasteiger partial charge in [-0.05, 0) is 23.8 Å². The molecule has 0 fully saturated rings. The minimum Gasteiger partial charge on any atom is -0.444 e. The highest BCUT2D eigenvalue weighted by Gasteiger charge is 2.08. The van der Waals surface area contributed by atoms with E-state index in [-0.39, 0.29) is 12.3 Å². The molecule has 1 aromatic carbocycles. The molecule has 0 aliphatic heterocycles. The van der Waals surface area contributed by atoms with E-state index < -0.39 is 11.0 Å². The van der Waals surface area contributed by atoms with Gasteiger partial charge in [0.25, 0.3) is 5.69 Å². The van der Waals surface area contributed by atoms with Crippen LogP contribution in [0.25, 0.3) is 0 Å². The molecular weight excluding hydrogens is 262 g/mol. The molecule has 7 heteroatoms. The fourth-order valence-electron chi connectivity index (χ4n) is 1.48. The molecule has 0 atom stereocenters. The maximum atomic E-state index is 11.5. The Morgan fingerprint density at radius 2 is 2.05 bits per heavy atom. The smallest absolute Gasteiger partial charge is 0.411 e. The van der Waals surface area contributed by atoms with Crippen molar-refractivity contribution in [3.63, 3.8) is 0 Å². The highest BCUT2D eigenvalue weighted by atomic mass is 16.6. The van der Waals surface area contributed by atoms with E-state index in [0.717, 1.165) is 5.56 Å². The molecule has 1 N–H and O–H groups in total. The third-order valence-corrected chi connectivity index (χ3v) is 2.42. The van der Waals surface area contributed by atoms with E-state index in [9.17, 15) is 14.9 Å². The maximum absolute atomic E-state index is 11.5. The lowest BCUT2D eigenvalue weighted by Gasteiger charge is -2.06. The number of carbonyl (C=O) groups is 1. The normalized spacial score (nSPS) is 9.80. The number of aromatic nitrogens is 1. The zero-order chi connectivity index (χ0) is 14.4. The van der Waals surface area contributed by atoms with Gasteiger partial charge < -0.3 is 4.74 Å². The van der Waals surface area contributed by atoms with Crippen LogP contribution in [0.5, 0.6) is 0 Å². The summed E-state index contributed by atoms with van der Waals surface area (Å²) >= 11 is 0. The number of benzene rings is 1. The summed E-state index contributed by atoms with van der Waals surface area (Å²) < 4.78 is 4.98. The molecule has 0 bridgehead atoms. The van der Waals surface area contributed by atoms with Gasteiger partial charge in [0.05, 0.1) is 10.6 Å². The van der Waals surface area contributed by atoms with Gasteiger partial charge in [-0.2, -0.15) is 0 Å². The predicted octanol–water partition coefficient (Wildman–Crippen LogP) is 2.74. The second-order valence-electron chi connectivity index (χ2n) is 3.86. The number of ether oxygens (including phenoxy) is 1. The summed E-state index contributed by atoms with van der Waals surface area (Å²) in [4.78, 5) is 25.5. The summed E-state index contributed by atoms with van der Waals surface area (Å²) in [5, 5.41) is 13.0. The van der Waals surface area contributed by atoms with E-state index in [4.69, 9.17) is 4.74 Å². The number of anilines is 1. The van der Waals surface area contributed by atoms with Crippen LogP contribution in [-0.2, 0) is 11.3 Å². The lowest BCUT2D eigenvalue weighted by atomic mass is 10.3. The molecule has 0 spiro atoms. The Balaban J connectivity index is 1.91. The quantitative estimate of drug-likeness (QED) is 0.682. The van der Waals surface area contributed by atoms with Gasteiger partial charge in [0.15, 0.2) is 0 Å². The number of amides is 1. The average molecular weight is 273 g/mol. The maximum Gasteiger partial charge on any atom is 0.411 e. The van der Waals surface area contributed by atoms with Crippen LogP contribution < -0.4 is 5.32 Å². The van der Waals surface area contributed by atoms with Crippen LogP contribution in [0.3, 0.4) is 0 Å². The second kappa shape index (κ2) is 6.28. The van der Waals surface area contributed by atoms with E-state index in [1.807, 2.05) is 0 Å². The Hall–Kier alpha value is -2.96. The third-order valence-electron chi connectivity index (χ3n) is 2.42. The number of hydrogen-bond donors (Lipinski definition) is 1. The Kier molecular flexibility index (Phi) is 4.23. The largest absolute Gasteiger partial charge is 0.444 e. The summed E-state index contributed by atoms with van der Waals surface area (Å²) in [6, 6.07) is 9.07. The average Bonchev–Trinajstić information content (AvgIpc) is 2.46. The first-order chi connectivity index (χ1) is 9.65. The molecule has 0 saturated carbocycles. The SMILES string of the molecule is O=C(Nc1cccc([N+](=O)[O-])c1)OCc1ccncc1. The number of rotatable bonds is 4. The zero-order valence-corrected chi connectivity index (χ0v) is 10.4. The molecule has 1 amide bonds. The summed E-state index contributed by atoms with van der Waals surface area (Å²) in [5.41, 5.74) is 1.00. The zero-order valence-electron chi connectivity index (χ0n) is 10.4. The molecule has 2 aromatic rings. The van der Waals surface area contributed by atoms with Crippen molar-refractivity contribution < 1.29 is 14.5 Å². The Morgan fingerprint density at radius 1 is 1.30 bits per heavy atom. The van der Waals surface area contributed by atoms with Crippen molar-refractivity contribution in [2.75, 3.05) is 5.32 Å². The number of carbonyl (C=O) groups excluding carboxylic acids is 1. The Labute approximate surface area is 114 Å². The molecule has 102 valence electrons. The number of nitrogens with zero attached hydrogens (tertiary/aromatic N) is 2. The van der Waals surface area contributed by atoms with Gasteiger partial charge >= 0.3 is 6.09 Å². The number of nitro groups is 1. The Morgan fingerprint density at radius 3 is 2.75 bits per heavy atom. The van der Waals surface area contributed by atoms with Gasteiger partial charge in [-0.1, -0.05) is 6.07 Å². The Bertz CT molecular complexity index is 616. The van der Waals surface area contributed by atoms with Crippen molar-refractivity contribution in [1.82, 2.24) is 4.98 Å². The monoisotopic (exact) mass is 273 g/mol. The first-order valence-electron chi connectivity index (χ1n) is 5.72. The first kappa shape index (κ1) is 13.5. The number of pyridine rings is 1. The van der Waals surface area contributed by atoms with Gasteiger partial charge in [0.1, 0.15) is 6.61 Å². The lowest BCUT2D eigenvalue weighted by molar-refractivity contribution is -0.384. The van der Waals surface area contributed by atoms with E-state index >= 15 is 0 Å². The summed E-state index contributed by atoms with van der Waals surface area (Å²) in [6.45, 7) is 0.100. The number of non-ortho nitro benzene ring substituents is 1. The van der Waals surface area contributed by atoms with Gasteiger partial charge in [-0.3, -0.25) is 20.4 Å². The van der Waals surface area contributed by atoms with Crippen LogP contribution in [0.2, 0.25) is 0 Å². The van der Waals surface area contributed by atoms with Crippen LogP contribution >= 0.6 is 0 Å². The first-order valence-corrected chi connectivity index (χ1v) is 5.72. The van der Waals surface area contributed by atoms with E-state index in [2.05, 4.69) is 10.3 Å². The number of hydrogen-bond acceptors (Lipinski definition) is 5. The van der Waals surface area contributed by atoms with E-state index in [0.29, 0.717) is 5.69 Å². The molecule has 0 saturated heterocycles. The summed E-state index contributed by atoms with van der Waals surface area (Å²) in [5.74, 6) is 0. The standard InChI is InChI=1S/C13H11N3O4/c17-13(20-9-10-4-6-14-7-5-10)15-11-2-1-3-12(8-11)16(18)19/h1-8H,9H2,(H,15,17). The highest BCUT2D eigenvalue weighted by molar-refractivity contribution is 5.85. The molecular formula is C13H11N3O4. The molecule has 0 aliphatic carbocycles.